The fourth-order valence-corrected chi connectivity index (χ4v) is 12.1. The maximum atomic E-state index is 14.9. The number of carbonyl (C=O) groups excluding carboxylic acids is 5. The lowest BCUT2D eigenvalue weighted by molar-refractivity contribution is -0.153. The minimum atomic E-state index is -0.887. The zero-order chi connectivity index (χ0) is 52.8. The number of rotatable bonds is 19. The number of amides is 5. The maximum absolute atomic E-state index is 14.9. The van der Waals surface area contributed by atoms with Crippen molar-refractivity contribution in [3.63, 3.8) is 0 Å². The predicted molar refractivity (Wildman–Crippen MR) is 285 cm³/mol. The standard InChI is InChI=1S/C56H70N8O8S2/c1-8-12-46(67)61-50(56(5,6)7)54(71)63-29-40(66)24-45(63)52(69)58-26-35-17-21-37(22-18-35)49-43(60-32-74-49)30-72-55-41-14-11-10-13-38(41)27-64(55)47(33(3)4)53(70)62-28-39(65)23-44(62)51(68)57-25-34-15-19-36(20-16-34)48-42(9-2)59-31-73-48/h10-11,13-22,31-33,39-40,44-45,47,50,55,65-66H,8-9,12,23-30H2,1-7H3,(H,57,68)(H,58,69)(H,61,67)/t39-,40-,44+,45+,47+,50-,55?/m1/s1. The molecule has 394 valence electrons. The average Bonchev–Trinajstić information content (AvgIpc) is 4.24. The SMILES string of the molecule is CCCC(=O)N[C@H](C(=O)N1C[C@H](O)C[C@H]1C(=O)NCc1ccc(-c2scnc2COC2c3ccccc3CN2[C@H](C(=O)N2C[C@H](O)C[C@H]2C(=O)NCc2ccc(-c3scnc3CC)cc2)C(C)C)cc1)C(C)(C)C. The van der Waals surface area contributed by atoms with Crippen LogP contribution in [0.1, 0.15) is 114 Å². The molecule has 5 amide bonds. The van der Waals surface area contributed by atoms with Crippen molar-refractivity contribution in [2.24, 2.45) is 11.3 Å². The quantitative estimate of drug-likeness (QED) is 0.0586. The molecule has 2 fully saturated rings. The van der Waals surface area contributed by atoms with Crippen molar-refractivity contribution in [1.29, 1.82) is 0 Å². The smallest absolute Gasteiger partial charge is 0.246 e. The summed E-state index contributed by atoms with van der Waals surface area (Å²) in [5, 5.41) is 30.4. The summed E-state index contributed by atoms with van der Waals surface area (Å²) in [6.45, 7) is 14.7. The van der Waals surface area contributed by atoms with E-state index in [-0.39, 0.29) is 81.6 Å². The number of nitrogens with one attached hydrogen (secondary N) is 3. The molecule has 5 heterocycles. The van der Waals surface area contributed by atoms with Gasteiger partial charge in [0.25, 0.3) is 0 Å². The first-order valence-electron chi connectivity index (χ1n) is 25.8. The summed E-state index contributed by atoms with van der Waals surface area (Å²) in [5.41, 5.74) is 10.5. The van der Waals surface area contributed by atoms with Crippen molar-refractivity contribution in [2.75, 3.05) is 13.1 Å². The van der Waals surface area contributed by atoms with Crippen LogP contribution in [0.5, 0.6) is 0 Å². The van der Waals surface area contributed by atoms with Crippen LogP contribution in [0.4, 0.5) is 0 Å². The number of aliphatic hydroxyl groups excluding tert-OH is 2. The van der Waals surface area contributed by atoms with E-state index in [1.165, 1.54) is 16.2 Å². The highest BCUT2D eigenvalue weighted by molar-refractivity contribution is 7.13. The molecule has 2 saturated heterocycles. The molecule has 0 spiro atoms. The van der Waals surface area contributed by atoms with Crippen molar-refractivity contribution >= 4 is 52.2 Å². The van der Waals surface area contributed by atoms with E-state index in [2.05, 4.69) is 32.8 Å². The summed E-state index contributed by atoms with van der Waals surface area (Å²) < 4.78 is 6.81. The van der Waals surface area contributed by atoms with E-state index in [1.807, 2.05) is 120 Å². The second kappa shape index (κ2) is 23.8. The molecule has 18 heteroatoms. The number of carbonyl (C=O) groups is 5. The lowest BCUT2D eigenvalue weighted by Gasteiger charge is -2.38. The van der Waals surface area contributed by atoms with Gasteiger partial charge in [-0.25, -0.2) is 9.97 Å². The molecule has 0 bridgehead atoms. The van der Waals surface area contributed by atoms with Gasteiger partial charge in [-0.05, 0) is 52.0 Å². The van der Waals surface area contributed by atoms with Crippen molar-refractivity contribution < 1.29 is 38.9 Å². The van der Waals surface area contributed by atoms with Gasteiger partial charge in [0.1, 0.15) is 24.4 Å². The number of aromatic nitrogens is 2. The monoisotopic (exact) mass is 1050 g/mol. The van der Waals surface area contributed by atoms with Crippen LogP contribution >= 0.6 is 22.7 Å². The lowest BCUT2D eigenvalue weighted by Crippen LogP contribution is -2.57. The zero-order valence-electron chi connectivity index (χ0n) is 43.4. The first-order valence-corrected chi connectivity index (χ1v) is 27.5. The molecule has 2 aromatic heterocycles. The van der Waals surface area contributed by atoms with Gasteiger partial charge in [0.15, 0.2) is 0 Å². The predicted octanol–water partition coefficient (Wildman–Crippen LogP) is 6.74. The van der Waals surface area contributed by atoms with Crippen LogP contribution in [0.25, 0.3) is 20.9 Å². The van der Waals surface area contributed by atoms with Crippen LogP contribution in [-0.4, -0.2) is 114 Å². The van der Waals surface area contributed by atoms with Crippen LogP contribution in [0.15, 0.2) is 83.8 Å². The molecule has 5 N–H and O–H groups in total. The lowest BCUT2D eigenvalue weighted by atomic mass is 9.85. The highest BCUT2D eigenvalue weighted by Crippen LogP contribution is 2.40. The summed E-state index contributed by atoms with van der Waals surface area (Å²) in [5.74, 6) is -1.73. The average molecular weight is 1050 g/mol. The number of β-amino-alcohol motifs (C(OH)–C–C–N with tert-alkyl or cyclic N) is 2. The van der Waals surface area contributed by atoms with E-state index in [1.54, 1.807) is 21.7 Å². The van der Waals surface area contributed by atoms with E-state index in [0.29, 0.717) is 13.0 Å². The Kier molecular flexibility index (Phi) is 17.5. The Morgan fingerprint density at radius 1 is 0.743 bits per heavy atom. The first-order chi connectivity index (χ1) is 35.4. The second-order valence-corrected chi connectivity index (χ2v) is 22.8. The number of thiazole rings is 2. The Hall–Kier alpha value is -5.89. The maximum Gasteiger partial charge on any atom is 0.246 e. The number of nitrogens with zero attached hydrogens (tertiary/aromatic N) is 5. The van der Waals surface area contributed by atoms with Crippen molar-refractivity contribution in [2.45, 2.75) is 149 Å². The van der Waals surface area contributed by atoms with E-state index < -0.39 is 53.9 Å². The van der Waals surface area contributed by atoms with Gasteiger partial charge in [0.2, 0.25) is 29.5 Å². The third-order valence-electron chi connectivity index (χ3n) is 14.2. The molecule has 5 aromatic rings. The van der Waals surface area contributed by atoms with Crippen molar-refractivity contribution in [3.05, 3.63) is 117 Å². The Bertz CT molecular complexity index is 2770. The summed E-state index contributed by atoms with van der Waals surface area (Å²) in [7, 11) is 0. The number of hydrogen-bond acceptors (Lipinski definition) is 13. The van der Waals surface area contributed by atoms with Crippen molar-refractivity contribution in [3.8, 4) is 20.9 Å². The van der Waals surface area contributed by atoms with E-state index in [4.69, 9.17) is 9.72 Å². The van der Waals surface area contributed by atoms with E-state index in [0.717, 1.165) is 60.9 Å². The number of ether oxygens (including phenoxy) is 1. The van der Waals surface area contributed by atoms with Gasteiger partial charge in [-0.15, -0.1) is 22.7 Å². The Labute approximate surface area is 441 Å². The van der Waals surface area contributed by atoms with Crippen LogP contribution < -0.4 is 16.0 Å². The molecule has 0 saturated carbocycles. The number of benzene rings is 3. The minimum Gasteiger partial charge on any atom is -0.391 e. The molecule has 0 radical (unpaired) electrons. The molecular formula is C56H70N8O8S2. The summed E-state index contributed by atoms with van der Waals surface area (Å²) in [4.78, 5) is 85.1. The molecular weight excluding hydrogens is 977 g/mol. The number of fused-ring (bicyclic) bond motifs is 1. The second-order valence-electron chi connectivity index (χ2n) is 21.1. The van der Waals surface area contributed by atoms with Gasteiger partial charge in [-0.1, -0.05) is 121 Å². The highest BCUT2D eigenvalue weighted by atomic mass is 32.1. The highest BCUT2D eigenvalue weighted by Gasteiger charge is 2.47. The van der Waals surface area contributed by atoms with Gasteiger partial charge >= 0.3 is 0 Å². The van der Waals surface area contributed by atoms with Crippen LogP contribution in [0, 0.1) is 11.3 Å². The number of hydrogen-bond donors (Lipinski definition) is 5. The molecule has 3 aliphatic heterocycles. The van der Waals surface area contributed by atoms with Crippen LogP contribution in [0.3, 0.4) is 0 Å². The Balaban J connectivity index is 0.907. The molecule has 16 nitrogen and oxygen atoms in total. The van der Waals surface area contributed by atoms with E-state index >= 15 is 0 Å². The fourth-order valence-electron chi connectivity index (χ4n) is 10.4. The van der Waals surface area contributed by atoms with Crippen LogP contribution in [-0.2, 0) is 61.4 Å². The molecule has 3 aromatic carbocycles. The third-order valence-corrected chi connectivity index (χ3v) is 16.0. The van der Waals surface area contributed by atoms with Gasteiger partial charge in [-0.2, -0.15) is 0 Å². The van der Waals surface area contributed by atoms with Crippen LogP contribution in [0.2, 0.25) is 0 Å². The molecule has 3 aliphatic rings. The Morgan fingerprint density at radius 2 is 1.27 bits per heavy atom. The van der Waals surface area contributed by atoms with E-state index in [9.17, 15) is 34.2 Å². The van der Waals surface area contributed by atoms with Crippen molar-refractivity contribution in [1.82, 2.24) is 40.6 Å². The largest absolute Gasteiger partial charge is 0.391 e. The summed E-state index contributed by atoms with van der Waals surface area (Å²) in [6.07, 6.45) is -0.314. The summed E-state index contributed by atoms with van der Waals surface area (Å²) >= 11 is 3.09. The van der Waals surface area contributed by atoms with Gasteiger partial charge in [-0.3, -0.25) is 28.9 Å². The van der Waals surface area contributed by atoms with Gasteiger partial charge in [0, 0.05) is 57.5 Å². The molecule has 8 rings (SSSR count). The zero-order valence-corrected chi connectivity index (χ0v) is 45.0. The first kappa shape index (κ1) is 54.4. The Morgan fingerprint density at radius 3 is 1.80 bits per heavy atom. The normalized spacial score (nSPS) is 20.6. The number of likely N-dealkylation sites (tertiary alicyclic amines) is 2. The third kappa shape index (κ3) is 12.3. The topological polar surface area (TPSA) is 207 Å². The number of aliphatic hydroxyl groups is 2. The number of aryl methyl sites for hydroxylation is 1. The summed E-state index contributed by atoms with van der Waals surface area (Å²) in [6, 6.07) is 20.6. The molecule has 7 atom stereocenters. The minimum absolute atomic E-state index is 0.00136. The fraction of sp³-hybridized carbons (Fsp3) is 0.482. The van der Waals surface area contributed by atoms with Gasteiger partial charge in [0.05, 0.1) is 57.0 Å². The molecule has 74 heavy (non-hydrogen) atoms. The molecule has 1 unspecified atom stereocenters. The molecule has 0 aliphatic carbocycles. The van der Waals surface area contributed by atoms with Gasteiger partial charge < -0.3 is 40.7 Å².